The maximum absolute atomic E-state index is 6.03. The first-order valence-corrected chi connectivity index (χ1v) is 21.9. The smallest absolute Gasteiger partial charge is 0.130 e. The Kier molecular flexibility index (Phi) is 13.2. The van der Waals surface area contributed by atoms with E-state index in [1.807, 2.05) is 18.2 Å². The Labute approximate surface area is 329 Å². The van der Waals surface area contributed by atoms with E-state index < -0.39 is 7.92 Å². The first-order valence-electron chi connectivity index (χ1n) is 20.2. The SMILES string of the molecule is COc1cccc(OC)c1-c1ccccc1P(C)c1c(-c2c(C(C)C)cc(C(C)C)cc2C(C)C)cccc1-c1c(C(C)C)cc(C(C)C)cc1C(C)C. The Morgan fingerprint density at radius 2 is 0.759 bits per heavy atom. The molecule has 54 heavy (non-hydrogen) atoms. The largest absolute Gasteiger partial charge is 0.496 e. The Morgan fingerprint density at radius 3 is 1.11 bits per heavy atom. The van der Waals surface area contributed by atoms with Crippen LogP contribution in [0.5, 0.6) is 11.5 Å². The molecule has 0 aliphatic heterocycles. The van der Waals surface area contributed by atoms with Crippen molar-refractivity contribution in [1.82, 2.24) is 0 Å². The van der Waals surface area contributed by atoms with Gasteiger partial charge in [0.05, 0.1) is 19.8 Å². The van der Waals surface area contributed by atoms with Crippen molar-refractivity contribution in [3.63, 3.8) is 0 Å². The van der Waals surface area contributed by atoms with Gasteiger partial charge in [-0.15, -0.1) is 0 Å². The van der Waals surface area contributed by atoms with Gasteiger partial charge in [-0.3, -0.25) is 0 Å². The molecular weight excluding hydrogens is 676 g/mol. The summed E-state index contributed by atoms with van der Waals surface area (Å²) in [4.78, 5) is 0. The molecule has 0 aliphatic rings. The Morgan fingerprint density at radius 1 is 0.407 bits per heavy atom. The summed E-state index contributed by atoms with van der Waals surface area (Å²) in [6.45, 7) is 30.7. The third-order valence-corrected chi connectivity index (χ3v) is 13.4. The molecule has 286 valence electrons. The van der Waals surface area contributed by atoms with E-state index in [0.29, 0.717) is 35.5 Å². The molecule has 1 unspecified atom stereocenters. The summed E-state index contributed by atoms with van der Waals surface area (Å²) in [5.41, 5.74) is 16.3. The van der Waals surface area contributed by atoms with Crippen LogP contribution >= 0.6 is 7.92 Å². The van der Waals surface area contributed by atoms with Crippen LogP contribution in [0.3, 0.4) is 0 Å². The lowest BCUT2D eigenvalue weighted by Crippen LogP contribution is -2.20. The Hall–Kier alpha value is -3.87. The first kappa shape index (κ1) is 41.3. The molecule has 5 aromatic carbocycles. The zero-order valence-corrected chi connectivity index (χ0v) is 36.7. The highest BCUT2D eigenvalue weighted by molar-refractivity contribution is 7.73. The normalized spacial score (nSPS) is 12.5. The second-order valence-corrected chi connectivity index (χ2v) is 18.9. The fraction of sp³-hybridized carbons (Fsp3) is 0.412. The van der Waals surface area contributed by atoms with Gasteiger partial charge < -0.3 is 9.47 Å². The minimum atomic E-state index is -0.917. The number of rotatable bonds is 13. The highest BCUT2D eigenvalue weighted by Crippen LogP contribution is 2.49. The molecule has 1 atom stereocenters. The van der Waals surface area contributed by atoms with Crippen molar-refractivity contribution in [2.45, 2.75) is 119 Å². The van der Waals surface area contributed by atoms with Gasteiger partial charge in [0, 0.05) is 0 Å². The molecule has 0 amide bonds. The molecule has 5 aromatic rings. The van der Waals surface area contributed by atoms with E-state index in [1.54, 1.807) is 14.2 Å². The van der Waals surface area contributed by atoms with Crippen molar-refractivity contribution in [3.05, 3.63) is 118 Å². The van der Waals surface area contributed by atoms with Gasteiger partial charge in [-0.1, -0.05) is 156 Å². The van der Waals surface area contributed by atoms with Gasteiger partial charge in [0.2, 0.25) is 0 Å². The van der Waals surface area contributed by atoms with Gasteiger partial charge in [-0.2, -0.15) is 0 Å². The van der Waals surface area contributed by atoms with Gasteiger partial charge in [0.25, 0.3) is 0 Å². The molecule has 3 heteroatoms. The maximum Gasteiger partial charge on any atom is 0.130 e. The minimum Gasteiger partial charge on any atom is -0.496 e. The van der Waals surface area contributed by atoms with Crippen molar-refractivity contribution in [2.24, 2.45) is 0 Å². The number of ether oxygens (including phenoxy) is 2. The molecular formula is C51H65O2P. The summed E-state index contributed by atoms with van der Waals surface area (Å²) in [7, 11) is 2.60. The lowest BCUT2D eigenvalue weighted by molar-refractivity contribution is 0.397. The number of hydrogen-bond acceptors (Lipinski definition) is 2. The summed E-state index contributed by atoms with van der Waals surface area (Å²) < 4.78 is 12.1. The van der Waals surface area contributed by atoms with Crippen LogP contribution in [0.2, 0.25) is 0 Å². The fourth-order valence-electron chi connectivity index (χ4n) is 8.06. The summed E-state index contributed by atoms with van der Waals surface area (Å²) in [5.74, 6) is 4.00. The van der Waals surface area contributed by atoms with E-state index in [2.05, 4.69) is 156 Å². The van der Waals surface area contributed by atoms with Crippen molar-refractivity contribution >= 4 is 18.5 Å². The van der Waals surface area contributed by atoms with E-state index in [-0.39, 0.29) is 0 Å². The van der Waals surface area contributed by atoms with E-state index in [4.69, 9.17) is 9.47 Å². The van der Waals surface area contributed by atoms with E-state index in [9.17, 15) is 0 Å². The fourth-order valence-corrected chi connectivity index (χ4v) is 10.3. The van der Waals surface area contributed by atoms with Crippen LogP contribution in [0.4, 0.5) is 0 Å². The van der Waals surface area contributed by atoms with Gasteiger partial charge >= 0.3 is 0 Å². The van der Waals surface area contributed by atoms with E-state index in [0.717, 1.165) is 22.6 Å². The van der Waals surface area contributed by atoms with Crippen molar-refractivity contribution in [2.75, 3.05) is 20.9 Å². The van der Waals surface area contributed by atoms with Crippen LogP contribution in [-0.2, 0) is 0 Å². The average Bonchev–Trinajstić information content (AvgIpc) is 3.15. The van der Waals surface area contributed by atoms with Crippen LogP contribution in [0.25, 0.3) is 33.4 Å². The summed E-state index contributed by atoms with van der Waals surface area (Å²) in [5, 5.41) is 2.76. The van der Waals surface area contributed by atoms with Crippen molar-refractivity contribution in [1.29, 1.82) is 0 Å². The van der Waals surface area contributed by atoms with E-state index in [1.165, 1.54) is 66.2 Å². The molecule has 0 aromatic heterocycles. The summed E-state index contributed by atoms with van der Waals surface area (Å²) in [6.07, 6.45) is 0. The van der Waals surface area contributed by atoms with Crippen LogP contribution in [0.1, 0.15) is 152 Å². The molecule has 0 spiro atoms. The quantitative estimate of drug-likeness (QED) is 0.112. The molecule has 0 radical (unpaired) electrons. The molecule has 5 rings (SSSR count). The van der Waals surface area contributed by atoms with Gasteiger partial charge in [0.15, 0.2) is 0 Å². The molecule has 0 N–H and O–H groups in total. The summed E-state index contributed by atoms with van der Waals surface area (Å²) >= 11 is 0. The second kappa shape index (κ2) is 17.3. The predicted molar refractivity (Wildman–Crippen MR) is 239 cm³/mol. The second-order valence-electron chi connectivity index (χ2n) is 16.9. The third-order valence-electron chi connectivity index (χ3n) is 11.1. The zero-order valence-electron chi connectivity index (χ0n) is 35.8. The number of hydrogen-bond donors (Lipinski definition) is 0. The lowest BCUT2D eigenvalue weighted by Gasteiger charge is -2.31. The third kappa shape index (κ3) is 8.07. The highest BCUT2D eigenvalue weighted by Gasteiger charge is 2.30. The van der Waals surface area contributed by atoms with Crippen molar-refractivity contribution in [3.8, 4) is 44.9 Å². The monoisotopic (exact) mass is 740 g/mol. The van der Waals surface area contributed by atoms with Gasteiger partial charge in [-0.05, 0) is 134 Å². The first-order chi connectivity index (χ1) is 25.6. The molecule has 0 bridgehead atoms. The lowest BCUT2D eigenvalue weighted by atomic mass is 9.79. The zero-order chi connectivity index (χ0) is 39.6. The molecule has 0 aliphatic carbocycles. The molecule has 2 nitrogen and oxygen atoms in total. The molecule has 0 heterocycles. The average molecular weight is 741 g/mol. The molecule has 0 fully saturated rings. The van der Waals surface area contributed by atoms with Crippen molar-refractivity contribution < 1.29 is 9.47 Å². The van der Waals surface area contributed by atoms with Gasteiger partial charge in [0.1, 0.15) is 11.5 Å². The predicted octanol–water partition coefficient (Wildman–Crippen LogP) is 14.5. The number of benzene rings is 5. The number of methoxy groups -OCH3 is 2. The Bertz CT molecular complexity index is 1910. The van der Waals surface area contributed by atoms with Crippen LogP contribution < -0.4 is 20.1 Å². The van der Waals surface area contributed by atoms with Gasteiger partial charge in [-0.25, -0.2) is 0 Å². The van der Waals surface area contributed by atoms with Crippen LogP contribution in [-0.4, -0.2) is 20.9 Å². The maximum atomic E-state index is 6.03. The van der Waals surface area contributed by atoms with Crippen LogP contribution in [0, 0.1) is 0 Å². The Balaban J connectivity index is 2.01. The highest BCUT2D eigenvalue weighted by atomic mass is 31.1. The molecule has 0 saturated heterocycles. The topological polar surface area (TPSA) is 18.5 Å². The molecule has 0 saturated carbocycles. The minimum absolute atomic E-state index is 0.365. The summed E-state index contributed by atoms with van der Waals surface area (Å²) in [6, 6.07) is 32.3. The van der Waals surface area contributed by atoms with E-state index >= 15 is 0 Å². The van der Waals surface area contributed by atoms with Crippen LogP contribution in [0.15, 0.2) is 84.9 Å². The standard InChI is InChI=1S/C51H65O2P/c1-30(2)36-26-41(32(5)6)48(42(27-36)33(7)8)39-21-18-22-40(49-43(34(9)10)28-37(31(3)4)29-44(49)35(11)12)51(39)54(15)47-25-17-16-20-38(47)50-45(52-13)23-19-24-46(50)53-14/h16-35H,1-15H3.